The summed E-state index contributed by atoms with van der Waals surface area (Å²) in [6.07, 6.45) is 1.78. The molecule has 3 rings (SSSR count). The van der Waals surface area contributed by atoms with Crippen molar-refractivity contribution < 1.29 is 4.79 Å². The molecule has 0 spiro atoms. The van der Waals surface area contributed by atoms with Crippen molar-refractivity contribution in [3.05, 3.63) is 58.4 Å². The van der Waals surface area contributed by atoms with Gasteiger partial charge >= 0.3 is 0 Å². The van der Waals surface area contributed by atoms with E-state index in [1.165, 1.54) is 11.1 Å². The summed E-state index contributed by atoms with van der Waals surface area (Å²) < 4.78 is 0. The van der Waals surface area contributed by atoms with E-state index in [9.17, 15) is 4.79 Å². The number of hydrogen-bond acceptors (Lipinski definition) is 2. The Balaban J connectivity index is 1.66. The van der Waals surface area contributed by atoms with Crippen LogP contribution in [0.4, 0.5) is 0 Å². The second-order valence-corrected chi connectivity index (χ2v) is 4.91. The number of hydrogen-bond donors (Lipinski definition) is 3. The maximum atomic E-state index is 12.0. The number of benzene rings is 1. The molecule has 2 aromatic rings. The molecule has 1 aliphatic rings. The van der Waals surface area contributed by atoms with Crippen molar-refractivity contribution in [2.45, 2.75) is 26.6 Å². The monoisotopic (exact) mass is 255 g/mol. The van der Waals surface area contributed by atoms with Crippen molar-refractivity contribution in [1.82, 2.24) is 15.6 Å². The Morgan fingerprint density at radius 3 is 2.89 bits per heavy atom. The first-order valence-corrected chi connectivity index (χ1v) is 6.47. The number of aromatic amines is 1. The van der Waals surface area contributed by atoms with Gasteiger partial charge in [-0.15, -0.1) is 0 Å². The van der Waals surface area contributed by atoms with Gasteiger partial charge in [-0.1, -0.05) is 18.2 Å². The Hall–Kier alpha value is -2.07. The Morgan fingerprint density at radius 1 is 1.26 bits per heavy atom. The first-order valence-electron chi connectivity index (χ1n) is 6.47. The molecule has 2 heterocycles. The fraction of sp³-hybridized carbons (Fsp3) is 0.267. The van der Waals surface area contributed by atoms with E-state index in [-0.39, 0.29) is 5.91 Å². The van der Waals surface area contributed by atoms with Crippen molar-refractivity contribution in [2.75, 3.05) is 0 Å². The molecular formula is C15H17N3O. The molecule has 3 N–H and O–H groups in total. The summed E-state index contributed by atoms with van der Waals surface area (Å²) in [7, 11) is 0. The lowest BCUT2D eigenvalue weighted by molar-refractivity contribution is 0.0950. The summed E-state index contributed by atoms with van der Waals surface area (Å²) in [4.78, 5) is 15.0. The molecule has 1 aliphatic heterocycles. The molecule has 0 bridgehead atoms. The van der Waals surface area contributed by atoms with Gasteiger partial charge in [-0.2, -0.15) is 0 Å². The van der Waals surface area contributed by atoms with Crippen molar-refractivity contribution in [3.8, 4) is 0 Å². The van der Waals surface area contributed by atoms with Crippen molar-refractivity contribution >= 4 is 5.91 Å². The highest BCUT2D eigenvalue weighted by atomic mass is 16.1. The van der Waals surface area contributed by atoms with Crippen molar-refractivity contribution in [3.63, 3.8) is 0 Å². The molecule has 0 atom stereocenters. The molecular weight excluding hydrogens is 238 g/mol. The highest BCUT2D eigenvalue weighted by Gasteiger charge is 2.12. The highest BCUT2D eigenvalue weighted by Crippen LogP contribution is 2.17. The molecule has 0 fully saturated rings. The zero-order chi connectivity index (χ0) is 13.2. The lowest BCUT2D eigenvalue weighted by Crippen LogP contribution is -2.23. The average Bonchev–Trinajstić information content (AvgIpc) is 3.03. The topological polar surface area (TPSA) is 56.9 Å². The van der Waals surface area contributed by atoms with E-state index < -0.39 is 0 Å². The number of rotatable bonds is 3. The zero-order valence-corrected chi connectivity index (χ0v) is 10.9. The molecule has 4 nitrogen and oxygen atoms in total. The van der Waals surface area contributed by atoms with Crippen LogP contribution in [0.2, 0.25) is 0 Å². The summed E-state index contributed by atoms with van der Waals surface area (Å²) in [6, 6.07) is 8.19. The number of fused-ring (bicyclic) bond motifs is 1. The SMILES string of the molecule is Cc1[nH]ccc1C(=O)NCc1ccc2c(c1)CNC2. The van der Waals surface area contributed by atoms with Gasteiger partial charge < -0.3 is 15.6 Å². The van der Waals surface area contributed by atoms with Crippen LogP contribution in [0, 0.1) is 6.92 Å². The number of amides is 1. The average molecular weight is 255 g/mol. The second kappa shape index (κ2) is 4.90. The number of aryl methyl sites for hydroxylation is 1. The second-order valence-electron chi connectivity index (χ2n) is 4.91. The normalized spacial score (nSPS) is 13.3. The Labute approximate surface area is 112 Å². The van der Waals surface area contributed by atoms with Crippen LogP contribution in [-0.4, -0.2) is 10.9 Å². The van der Waals surface area contributed by atoms with Gasteiger partial charge in [0, 0.05) is 31.5 Å². The smallest absolute Gasteiger partial charge is 0.253 e. The Kier molecular flexibility index (Phi) is 3.09. The van der Waals surface area contributed by atoms with E-state index in [0.717, 1.165) is 24.3 Å². The molecule has 0 saturated heterocycles. The van der Waals surface area contributed by atoms with Crippen LogP contribution in [0.15, 0.2) is 30.5 Å². The van der Waals surface area contributed by atoms with Gasteiger partial charge in [-0.3, -0.25) is 4.79 Å². The minimum absolute atomic E-state index is 0.0302. The number of carbonyl (C=O) groups is 1. The third-order valence-corrected chi connectivity index (χ3v) is 3.55. The van der Waals surface area contributed by atoms with Gasteiger partial charge in [0.05, 0.1) is 5.56 Å². The van der Waals surface area contributed by atoms with Crippen LogP contribution in [0.25, 0.3) is 0 Å². The van der Waals surface area contributed by atoms with E-state index in [1.54, 1.807) is 12.3 Å². The van der Waals surface area contributed by atoms with Crippen LogP contribution in [0.3, 0.4) is 0 Å². The minimum atomic E-state index is -0.0302. The lowest BCUT2D eigenvalue weighted by Gasteiger charge is -2.07. The van der Waals surface area contributed by atoms with E-state index >= 15 is 0 Å². The summed E-state index contributed by atoms with van der Waals surface area (Å²) in [5, 5.41) is 6.27. The summed E-state index contributed by atoms with van der Waals surface area (Å²) in [5.41, 5.74) is 5.45. The minimum Gasteiger partial charge on any atom is -0.365 e. The van der Waals surface area contributed by atoms with Crippen molar-refractivity contribution in [1.29, 1.82) is 0 Å². The standard InChI is InChI=1S/C15H17N3O/c1-10-14(4-5-17-10)15(19)18-7-11-2-3-12-8-16-9-13(12)6-11/h2-6,16-17H,7-9H2,1H3,(H,18,19). The van der Waals surface area contributed by atoms with Crippen LogP contribution >= 0.6 is 0 Å². The van der Waals surface area contributed by atoms with E-state index in [2.05, 4.69) is 33.8 Å². The van der Waals surface area contributed by atoms with Crippen LogP contribution in [0.1, 0.15) is 32.7 Å². The van der Waals surface area contributed by atoms with E-state index in [1.807, 2.05) is 6.92 Å². The first-order chi connectivity index (χ1) is 9.24. The Morgan fingerprint density at radius 2 is 2.11 bits per heavy atom. The summed E-state index contributed by atoms with van der Waals surface area (Å²) in [5.74, 6) is -0.0302. The molecule has 19 heavy (non-hydrogen) atoms. The van der Waals surface area contributed by atoms with Gasteiger partial charge in [-0.05, 0) is 29.7 Å². The third-order valence-electron chi connectivity index (χ3n) is 3.55. The van der Waals surface area contributed by atoms with E-state index in [0.29, 0.717) is 12.1 Å². The van der Waals surface area contributed by atoms with Crippen LogP contribution < -0.4 is 10.6 Å². The summed E-state index contributed by atoms with van der Waals surface area (Å²) >= 11 is 0. The highest BCUT2D eigenvalue weighted by molar-refractivity contribution is 5.95. The van der Waals surface area contributed by atoms with Gasteiger partial charge in [0.15, 0.2) is 0 Å². The lowest BCUT2D eigenvalue weighted by atomic mass is 10.1. The van der Waals surface area contributed by atoms with Gasteiger partial charge in [0.2, 0.25) is 0 Å². The fourth-order valence-corrected chi connectivity index (χ4v) is 2.43. The molecule has 1 aromatic heterocycles. The van der Waals surface area contributed by atoms with E-state index in [4.69, 9.17) is 0 Å². The van der Waals surface area contributed by atoms with Crippen molar-refractivity contribution in [2.24, 2.45) is 0 Å². The quantitative estimate of drug-likeness (QED) is 0.784. The number of nitrogens with one attached hydrogen (secondary N) is 3. The fourth-order valence-electron chi connectivity index (χ4n) is 2.43. The molecule has 4 heteroatoms. The summed E-state index contributed by atoms with van der Waals surface area (Å²) in [6.45, 7) is 4.34. The molecule has 1 aromatic carbocycles. The molecule has 0 unspecified atom stereocenters. The number of aromatic nitrogens is 1. The molecule has 0 aliphatic carbocycles. The maximum absolute atomic E-state index is 12.0. The van der Waals surface area contributed by atoms with Crippen LogP contribution in [-0.2, 0) is 19.6 Å². The van der Waals surface area contributed by atoms with Gasteiger partial charge in [0.25, 0.3) is 5.91 Å². The van der Waals surface area contributed by atoms with Gasteiger partial charge in [-0.25, -0.2) is 0 Å². The molecule has 1 amide bonds. The number of H-pyrrole nitrogens is 1. The van der Waals surface area contributed by atoms with Gasteiger partial charge in [0.1, 0.15) is 0 Å². The maximum Gasteiger partial charge on any atom is 0.253 e. The third kappa shape index (κ3) is 2.39. The zero-order valence-electron chi connectivity index (χ0n) is 10.9. The molecule has 0 radical (unpaired) electrons. The number of carbonyl (C=O) groups excluding carboxylic acids is 1. The molecule has 0 saturated carbocycles. The predicted molar refractivity (Wildman–Crippen MR) is 73.7 cm³/mol. The van der Waals surface area contributed by atoms with Crippen LogP contribution in [0.5, 0.6) is 0 Å². The molecule has 98 valence electrons. The predicted octanol–water partition coefficient (Wildman–Crippen LogP) is 1.86. The largest absolute Gasteiger partial charge is 0.365 e. The Bertz CT molecular complexity index is 616. The first kappa shape index (κ1) is 12.0.